The molecule has 1 saturated heterocycles. The maximum Gasteiger partial charge on any atom is 0.293 e. The molecule has 20 heavy (non-hydrogen) atoms. The maximum absolute atomic E-state index is 11.9. The minimum atomic E-state index is -0.515. The van der Waals surface area contributed by atoms with Crippen LogP contribution in [0.1, 0.15) is 12.5 Å². The zero-order valence-corrected chi connectivity index (χ0v) is 12.7. The third-order valence-corrected chi connectivity index (χ3v) is 4.23. The smallest absolute Gasteiger partial charge is 0.269 e. The number of carbonyl (C=O) groups is 2. The van der Waals surface area contributed by atoms with E-state index in [9.17, 15) is 19.7 Å². The van der Waals surface area contributed by atoms with Gasteiger partial charge in [-0.2, -0.15) is 0 Å². The van der Waals surface area contributed by atoms with Gasteiger partial charge in [0.2, 0.25) is 0 Å². The Kier molecular flexibility index (Phi) is 4.24. The van der Waals surface area contributed by atoms with Crippen molar-refractivity contribution >= 4 is 50.6 Å². The van der Waals surface area contributed by atoms with Crippen molar-refractivity contribution < 1.29 is 14.5 Å². The summed E-state index contributed by atoms with van der Waals surface area (Å²) in [6, 6.07) is 4.52. The first-order chi connectivity index (χ1) is 9.43. The molecule has 0 unspecified atom stereocenters. The van der Waals surface area contributed by atoms with Crippen molar-refractivity contribution in [1.82, 2.24) is 4.90 Å². The lowest BCUT2D eigenvalue weighted by molar-refractivity contribution is -0.385. The largest absolute Gasteiger partial charge is 0.293 e. The van der Waals surface area contributed by atoms with Gasteiger partial charge in [-0.25, -0.2) is 0 Å². The topological polar surface area (TPSA) is 80.5 Å². The van der Waals surface area contributed by atoms with Crippen LogP contribution < -0.4 is 0 Å². The molecule has 0 radical (unpaired) electrons. The number of likely N-dealkylation sites (N-methyl/N-ethyl adjacent to an activating group) is 1. The first-order valence-corrected chi connectivity index (χ1v) is 7.24. The summed E-state index contributed by atoms with van der Waals surface area (Å²) < 4.78 is 0.362. The van der Waals surface area contributed by atoms with Gasteiger partial charge >= 0.3 is 0 Å². The van der Waals surface area contributed by atoms with E-state index in [4.69, 9.17) is 0 Å². The summed E-state index contributed by atoms with van der Waals surface area (Å²) in [5.41, 5.74) is 0.412. The average Bonchev–Trinajstić information content (AvgIpc) is 2.66. The molecule has 1 aromatic carbocycles. The number of thioether (sulfide) groups is 1. The summed E-state index contributed by atoms with van der Waals surface area (Å²) in [5, 5.41) is 10.5. The fraction of sp³-hybridized carbons (Fsp3) is 0.167. The molecule has 0 bridgehead atoms. The van der Waals surface area contributed by atoms with Crippen LogP contribution in [0.25, 0.3) is 6.08 Å². The zero-order valence-electron chi connectivity index (χ0n) is 10.3. The summed E-state index contributed by atoms with van der Waals surface area (Å²) in [5.74, 6) is -0.368. The van der Waals surface area contributed by atoms with Crippen LogP contribution in [0.5, 0.6) is 0 Å². The third-order valence-electron chi connectivity index (χ3n) is 2.65. The minimum Gasteiger partial charge on any atom is -0.269 e. The van der Waals surface area contributed by atoms with Crippen LogP contribution in [-0.2, 0) is 4.79 Å². The monoisotopic (exact) mass is 356 g/mol. The van der Waals surface area contributed by atoms with E-state index in [-0.39, 0.29) is 21.7 Å². The lowest BCUT2D eigenvalue weighted by Gasteiger charge is -2.06. The molecule has 2 amide bonds. The van der Waals surface area contributed by atoms with Crippen LogP contribution in [0.4, 0.5) is 10.5 Å². The number of imide groups is 1. The molecular weight excluding hydrogens is 348 g/mol. The van der Waals surface area contributed by atoms with Crippen LogP contribution in [-0.4, -0.2) is 27.5 Å². The van der Waals surface area contributed by atoms with Gasteiger partial charge in [0.05, 0.1) is 14.3 Å². The van der Waals surface area contributed by atoms with Gasteiger partial charge in [-0.3, -0.25) is 24.6 Å². The van der Waals surface area contributed by atoms with Gasteiger partial charge in [-0.1, -0.05) is 6.07 Å². The molecule has 1 aromatic rings. The number of hydrogen-bond acceptors (Lipinski definition) is 5. The number of hydrogen-bond donors (Lipinski definition) is 0. The Balaban J connectivity index is 2.37. The molecule has 1 aliphatic rings. The normalized spacial score (nSPS) is 17.1. The molecular formula is C12H9BrN2O4S. The molecule has 0 aromatic heterocycles. The van der Waals surface area contributed by atoms with E-state index in [2.05, 4.69) is 15.9 Å². The van der Waals surface area contributed by atoms with E-state index in [0.29, 0.717) is 16.6 Å². The first kappa shape index (κ1) is 14.7. The van der Waals surface area contributed by atoms with E-state index in [0.717, 1.165) is 16.7 Å². The molecule has 0 spiro atoms. The number of rotatable bonds is 3. The van der Waals surface area contributed by atoms with E-state index < -0.39 is 4.92 Å². The Labute approximate surface area is 127 Å². The Bertz CT molecular complexity index is 644. The second-order valence-electron chi connectivity index (χ2n) is 3.89. The molecule has 1 fully saturated rings. The molecule has 104 valence electrons. The number of halogens is 1. The van der Waals surface area contributed by atoms with E-state index in [1.54, 1.807) is 13.0 Å². The van der Waals surface area contributed by atoms with Gasteiger partial charge in [-0.05, 0) is 52.3 Å². The van der Waals surface area contributed by atoms with E-state index in [1.165, 1.54) is 18.2 Å². The molecule has 0 atom stereocenters. The second kappa shape index (κ2) is 5.76. The summed E-state index contributed by atoms with van der Waals surface area (Å²) in [6.07, 6.45) is 1.49. The van der Waals surface area contributed by atoms with Crippen LogP contribution in [0.15, 0.2) is 27.6 Å². The Morgan fingerprint density at radius 3 is 2.70 bits per heavy atom. The first-order valence-electron chi connectivity index (χ1n) is 5.63. The SMILES string of the molecule is CCN1C(=O)S/C(=C\c2ccc(Br)c([N+](=O)[O-])c2)C1=O. The van der Waals surface area contributed by atoms with Crippen molar-refractivity contribution in [3.8, 4) is 0 Å². The molecule has 1 heterocycles. The van der Waals surface area contributed by atoms with Crippen molar-refractivity contribution in [1.29, 1.82) is 0 Å². The van der Waals surface area contributed by atoms with Crippen molar-refractivity contribution in [2.24, 2.45) is 0 Å². The highest BCUT2D eigenvalue weighted by Gasteiger charge is 2.33. The Morgan fingerprint density at radius 1 is 1.45 bits per heavy atom. The van der Waals surface area contributed by atoms with Gasteiger partial charge in [0, 0.05) is 12.6 Å². The van der Waals surface area contributed by atoms with Crippen LogP contribution in [0.2, 0.25) is 0 Å². The van der Waals surface area contributed by atoms with Crippen molar-refractivity contribution in [2.75, 3.05) is 6.54 Å². The third kappa shape index (κ3) is 2.75. The minimum absolute atomic E-state index is 0.0894. The predicted molar refractivity (Wildman–Crippen MR) is 79.1 cm³/mol. The average molecular weight is 357 g/mol. The molecule has 0 saturated carbocycles. The highest BCUT2D eigenvalue weighted by Crippen LogP contribution is 2.33. The molecule has 8 heteroatoms. The molecule has 6 nitrogen and oxygen atoms in total. The number of nitro benzene ring substituents is 1. The van der Waals surface area contributed by atoms with Crippen molar-refractivity contribution in [3.05, 3.63) is 43.3 Å². The van der Waals surface area contributed by atoms with Crippen molar-refractivity contribution in [3.63, 3.8) is 0 Å². The van der Waals surface area contributed by atoms with Crippen LogP contribution in [0.3, 0.4) is 0 Å². The number of carbonyl (C=O) groups excluding carboxylic acids is 2. The zero-order chi connectivity index (χ0) is 14.9. The molecule has 0 N–H and O–H groups in total. The fourth-order valence-electron chi connectivity index (χ4n) is 1.68. The number of nitro groups is 1. The summed E-state index contributed by atoms with van der Waals surface area (Å²) >= 11 is 3.93. The summed E-state index contributed by atoms with van der Waals surface area (Å²) in [7, 11) is 0. The lowest BCUT2D eigenvalue weighted by Crippen LogP contribution is -2.27. The van der Waals surface area contributed by atoms with Gasteiger partial charge in [0.1, 0.15) is 0 Å². The number of amides is 2. The second-order valence-corrected chi connectivity index (χ2v) is 5.74. The fourth-order valence-corrected chi connectivity index (χ4v) is 2.98. The van der Waals surface area contributed by atoms with Crippen LogP contribution >= 0.6 is 27.7 Å². The standard InChI is InChI=1S/C12H9BrN2O4S/c1-2-14-11(16)10(20-12(14)17)6-7-3-4-8(13)9(5-7)15(18)19/h3-6H,2H2,1H3/b10-6-. The molecule has 1 aliphatic heterocycles. The van der Waals surface area contributed by atoms with Gasteiger partial charge in [-0.15, -0.1) is 0 Å². The Hall–Kier alpha value is -1.67. The molecule has 2 rings (SSSR count). The van der Waals surface area contributed by atoms with Gasteiger partial charge in [0.15, 0.2) is 0 Å². The highest BCUT2D eigenvalue weighted by atomic mass is 79.9. The lowest BCUT2D eigenvalue weighted by atomic mass is 10.2. The number of benzene rings is 1. The Morgan fingerprint density at radius 2 is 2.15 bits per heavy atom. The maximum atomic E-state index is 11.9. The van der Waals surface area contributed by atoms with Gasteiger partial charge < -0.3 is 0 Å². The predicted octanol–water partition coefficient (Wildman–Crippen LogP) is 3.41. The molecule has 0 aliphatic carbocycles. The van der Waals surface area contributed by atoms with Crippen LogP contribution in [0, 0.1) is 10.1 Å². The van der Waals surface area contributed by atoms with E-state index in [1.807, 2.05) is 0 Å². The number of nitrogens with zero attached hydrogens (tertiary/aromatic N) is 2. The highest BCUT2D eigenvalue weighted by molar-refractivity contribution is 9.10. The summed E-state index contributed by atoms with van der Waals surface area (Å²) in [4.78, 5) is 35.2. The van der Waals surface area contributed by atoms with E-state index >= 15 is 0 Å². The van der Waals surface area contributed by atoms with Crippen molar-refractivity contribution in [2.45, 2.75) is 6.92 Å². The van der Waals surface area contributed by atoms with Gasteiger partial charge in [0.25, 0.3) is 16.8 Å². The quantitative estimate of drug-likeness (QED) is 0.470. The summed E-state index contributed by atoms with van der Waals surface area (Å²) in [6.45, 7) is 2.02.